The Balaban J connectivity index is 2.02. The minimum Gasteiger partial charge on any atom is -0.370 e. The zero-order valence-electron chi connectivity index (χ0n) is 14.0. The first-order valence-corrected chi connectivity index (χ1v) is 8.44. The molecule has 0 unspecified atom stereocenters. The van der Waals surface area contributed by atoms with Gasteiger partial charge in [-0.15, -0.1) is 10.2 Å². The summed E-state index contributed by atoms with van der Waals surface area (Å²) in [6.07, 6.45) is 0.660. The molecule has 0 aliphatic heterocycles. The van der Waals surface area contributed by atoms with Crippen molar-refractivity contribution in [3.8, 4) is 0 Å². The molecule has 0 radical (unpaired) electrons. The Morgan fingerprint density at radius 1 is 1.29 bits per heavy atom. The molecule has 1 aromatic carbocycles. The molecule has 128 valence electrons. The lowest BCUT2D eigenvalue weighted by Crippen LogP contribution is -2.33. The van der Waals surface area contributed by atoms with Crippen molar-refractivity contribution in [2.75, 3.05) is 11.9 Å². The standard InChI is InChI=1S/C16H21N5O2S/c1-11(15(23)20(2)12-7-5-4-6-8-12)24-16-19-18-14(21(16)3)10-9-13(17)22/h4-8,11H,9-10H2,1-3H3,(H2,17,22)/t11-/m1/s1. The normalized spacial score (nSPS) is 12.0. The molecular formula is C16H21N5O2S. The third-order valence-corrected chi connectivity index (χ3v) is 4.75. The number of primary amides is 1. The Kier molecular flexibility index (Phi) is 5.97. The molecule has 7 nitrogen and oxygen atoms in total. The predicted molar refractivity (Wildman–Crippen MR) is 93.7 cm³/mol. The van der Waals surface area contributed by atoms with Gasteiger partial charge in [0.05, 0.1) is 5.25 Å². The van der Waals surface area contributed by atoms with E-state index in [4.69, 9.17) is 5.73 Å². The number of nitrogens with zero attached hydrogens (tertiary/aromatic N) is 4. The first-order valence-electron chi connectivity index (χ1n) is 7.56. The van der Waals surface area contributed by atoms with Crippen LogP contribution in [0.25, 0.3) is 0 Å². The van der Waals surface area contributed by atoms with Crippen LogP contribution in [0.1, 0.15) is 19.2 Å². The van der Waals surface area contributed by atoms with Crippen LogP contribution in [-0.2, 0) is 23.1 Å². The number of benzene rings is 1. The van der Waals surface area contributed by atoms with Crippen molar-refractivity contribution in [2.24, 2.45) is 12.8 Å². The van der Waals surface area contributed by atoms with Crippen LogP contribution in [0.3, 0.4) is 0 Å². The number of anilines is 1. The second kappa shape index (κ2) is 7.96. The van der Waals surface area contributed by atoms with Crippen LogP contribution in [0.15, 0.2) is 35.5 Å². The van der Waals surface area contributed by atoms with Crippen LogP contribution in [0.2, 0.25) is 0 Å². The molecule has 0 aliphatic carbocycles. The Morgan fingerprint density at radius 3 is 2.58 bits per heavy atom. The van der Waals surface area contributed by atoms with E-state index in [0.717, 1.165) is 5.69 Å². The molecule has 2 rings (SSSR count). The van der Waals surface area contributed by atoms with E-state index in [2.05, 4.69) is 10.2 Å². The number of amides is 2. The number of carbonyl (C=O) groups is 2. The second-order valence-electron chi connectivity index (χ2n) is 5.42. The molecule has 2 amide bonds. The molecule has 1 aromatic heterocycles. The minimum atomic E-state index is -0.375. The molecule has 0 spiro atoms. The van der Waals surface area contributed by atoms with Crippen LogP contribution >= 0.6 is 11.8 Å². The van der Waals surface area contributed by atoms with E-state index in [1.807, 2.05) is 44.3 Å². The summed E-state index contributed by atoms with van der Waals surface area (Å²) in [4.78, 5) is 25.1. The summed E-state index contributed by atoms with van der Waals surface area (Å²) in [5.74, 6) is 0.278. The van der Waals surface area contributed by atoms with Crippen LogP contribution < -0.4 is 10.6 Å². The largest absolute Gasteiger partial charge is 0.370 e. The highest BCUT2D eigenvalue weighted by Gasteiger charge is 2.22. The van der Waals surface area contributed by atoms with Gasteiger partial charge in [-0.3, -0.25) is 9.59 Å². The lowest BCUT2D eigenvalue weighted by Gasteiger charge is -2.20. The summed E-state index contributed by atoms with van der Waals surface area (Å²) in [6.45, 7) is 1.84. The lowest BCUT2D eigenvalue weighted by molar-refractivity contribution is -0.118. The maximum atomic E-state index is 12.6. The fourth-order valence-electron chi connectivity index (χ4n) is 2.16. The Bertz CT molecular complexity index is 717. The quantitative estimate of drug-likeness (QED) is 0.764. The first-order chi connectivity index (χ1) is 11.4. The Morgan fingerprint density at radius 2 is 1.96 bits per heavy atom. The summed E-state index contributed by atoms with van der Waals surface area (Å²) in [5, 5.41) is 8.48. The van der Waals surface area contributed by atoms with Gasteiger partial charge in [0.2, 0.25) is 11.8 Å². The van der Waals surface area contributed by atoms with Gasteiger partial charge in [-0.2, -0.15) is 0 Å². The number of para-hydroxylation sites is 1. The summed E-state index contributed by atoms with van der Waals surface area (Å²) < 4.78 is 1.79. The highest BCUT2D eigenvalue weighted by Crippen LogP contribution is 2.24. The van der Waals surface area contributed by atoms with Crippen molar-refractivity contribution >= 4 is 29.3 Å². The van der Waals surface area contributed by atoms with Gasteiger partial charge in [0, 0.05) is 32.6 Å². The number of nitrogens with two attached hydrogens (primary N) is 1. The van der Waals surface area contributed by atoms with E-state index in [1.165, 1.54) is 11.8 Å². The number of hydrogen-bond donors (Lipinski definition) is 1. The van der Waals surface area contributed by atoms with E-state index >= 15 is 0 Å². The van der Waals surface area contributed by atoms with E-state index in [9.17, 15) is 9.59 Å². The second-order valence-corrected chi connectivity index (χ2v) is 6.72. The molecular weight excluding hydrogens is 326 g/mol. The van der Waals surface area contributed by atoms with E-state index < -0.39 is 0 Å². The van der Waals surface area contributed by atoms with Crippen molar-refractivity contribution in [1.82, 2.24) is 14.8 Å². The third kappa shape index (κ3) is 4.35. The van der Waals surface area contributed by atoms with Crippen molar-refractivity contribution in [3.63, 3.8) is 0 Å². The zero-order chi connectivity index (χ0) is 17.7. The van der Waals surface area contributed by atoms with Gasteiger partial charge >= 0.3 is 0 Å². The monoisotopic (exact) mass is 347 g/mol. The number of thioether (sulfide) groups is 1. The van der Waals surface area contributed by atoms with Gasteiger partial charge in [-0.05, 0) is 19.1 Å². The van der Waals surface area contributed by atoms with Crippen LogP contribution in [-0.4, -0.2) is 38.9 Å². The minimum absolute atomic E-state index is 0.0205. The van der Waals surface area contributed by atoms with Crippen LogP contribution in [0.4, 0.5) is 5.69 Å². The first kappa shape index (κ1) is 18.0. The van der Waals surface area contributed by atoms with Gasteiger partial charge < -0.3 is 15.2 Å². The molecule has 0 bridgehead atoms. The fraction of sp³-hybridized carbons (Fsp3) is 0.375. The van der Waals surface area contributed by atoms with Crippen LogP contribution in [0, 0.1) is 0 Å². The number of aromatic nitrogens is 3. The molecule has 24 heavy (non-hydrogen) atoms. The lowest BCUT2D eigenvalue weighted by atomic mass is 10.3. The SMILES string of the molecule is C[C@@H](Sc1nnc(CCC(N)=O)n1C)C(=O)N(C)c1ccccc1. The molecule has 0 fully saturated rings. The third-order valence-electron chi connectivity index (χ3n) is 3.62. The van der Waals surface area contributed by atoms with Crippen molar-refractivity contribution in [3.05, 3.63) is 36.2 Å². The Hall–Kier alpha value is -2.35. The molecule has 0 saturated heterocycles. The Labute approximate surface area is 145 Å². The van der Waals surface area contributed by atoms with Gasteiger partial charge in [0.15, 0.2) is 5.16 Å². The van der Waals surface area contributed by atoms with Gasteiger partial charge in [-0.25, -0.2) is 0 Å². The van der Waals surface area contributed by atoms with Crippen LogP contribution in [0.5, 0.6) is 0 Å². The number of carbonyl (C=O) groups excluding carboxylic acids is 2. The van der Waals surface area contributed by atoms with Gasteiger partial charge in [-0.1, -0.05) is 30.0 Å². The molecule has 1 heterocycles. The summed E-state index contributed by atoms with van der Waals surface area (Å²) >= 11 is 1.34. The molecule has 8 heteroatoms. The fourth-order valence-corrected chi connectivity index (χ4v) is 3.09. The van der Waals surface area contributed by atoms with E-state index in [0.29, 0.717) is 17.4 Å². The number of hydrogen-bond acceptors (Lipinski definition) is 5. The molecule has 0 aliphatic rings. The molecule has 1 atom stereocenters. The van der Waals surface area contributed by atoms with Crippen molar-refractivity contribution < 1.29 is 9.59 Å². The zero-order valence-corrected chi connectivity index (χ0v) is 14.8. The highest BCUT2D eigenvalue weighted by molar-refractivity contribution is 8.00. The predicted octanol–water partition coefficient (Wildman–Crippen LogP) is 1.38. The summed E-state index contributed by atoms with van der Waals surface area (Å²) in [5.41, 5.74) is 6.00. The van der Waals surface area contributed by atoms with E-state index in [1.54, 1.807) is 16.5 Å². The van der Waals surface area contributed by atoms with Gasteiger partial charge in [0.25, 0.3) is 0 Å². The maximum Gasteiger partial charge on any atom is 0.240 e. The summed E-state index contributed by atoms with van der Waals surface area (Å²) in [6, 6.07) is 9.47. The highest BCUT2D eigenvalue weighted by atomic mass is 32.2. The van der Waals surface area contributed by atoms with Crippen molar-refractivity contribution in [2.45, 2.75) is 30.2 Å². The maximum absolute atomic E-state index is 12.6. The average molecular weight is 347 g/mol. The van der Waals surface area contributed by atoms with Crippen molar-refractivity contribution in [1.29, 1.82) is 0 Å². The summed E-state index contributed by atoms with van der Waals surface area (Å²) in [7, 11) is 3.57. The smallest absolute Gasteiger partial charge is 0.240 e. The average Bonchev–Trinajstić information content (AvgIpc) is 2.92. The van der Waals surface area contributed by atoms with E-state index in [-0.39, 0.29) is 23.5 Å². The van der Waals surface area contributed by atoms with Gasteiger partial charge in [0.1, 0.15) is 5.82 Å². The number of rotatable bonds is 7. The topological polar surface area (TPSA) is 94.1 Å². The molecule has 2 N–H and O–H groups in total. The number of aryl methyl sites for hydroxylation is 1. The molecule has 2 aromatic rings. The molecule has 0 saturated carbocycles.